The Bertz CT molecular complexity index is 796. The molecule has 0 bridgehead atoms. The number of aromatic hydroxyl groups is 1. The van der Waals surface area contributed by atoms with E-state index in [1.165, 1.54) is 18.1 Å². The number of amides is 2. The van der Waals surface area contributed by atoms with Crippen LogP contribution < -0.4 is 9.64 Å². The van der Waals surface area contributed by atoms with Gasteiger partial charge in [0.15, 0.2) is 11.5 Å². The molecule has 0 spiro atoms. The third kappa shape index (κ3) is 2.81. The molecule has 1 N–H and O–H groups in total. The highest BCUT2D eigenvalue weighted by atomic mass is 16.5. The zero-order chi connectivity index (χ0) is 16.4. The minimum atomic E-state index is -0.326. The maximum Gasteiger partial charge on any atom is 0.261 e. The molecule has 0 aliphatic carbocycles. The fraction of sp³-hybridized carbons (Fsp3) is 0.111. The molecule has 1 aliphatic heterocycles. The van der Waals surface area contributed by atoms with Crippen LogP contribution in [0.5, 0.6) is 11.5 Å². The summed E-state index contributed by atoms with van der Waals surface area (Å²) in [7, 11) is 1.45. The number of rotatable bonds is 3. The van der Waals surface area contributed by atoms with Gasteiger partial charge in [-0.2, -0.15) is 0 Å². The Morgan fingerprint density at radius 3 is 2.57 bits per heavy atom. The van der Waals surface area contributed by atoms with E-state index in [1.54, 1.807) is 42.5 Å². The maximum absolute atomic E-state index is 12.5. The Morgan fingerprint density at radius 1 is 1.13 bits per heavy atom. The minimum absolute atomic E-state index is 0.0226. The monoisotopic (exact) mass is 309 g/mol. The molecule has 0 atom stereocenters. The molecule has 0 saturated carbocycles. The summed E-state index contributed by atoms with van der Waals surface area (Å²) in [6, 6.07) is 13.6. The standard InChI is InChI=1S/C18H15NO4/c1-23-16-10-12(7-8-15(16)20)9-13-11-17(21)19(18(13)22)14-5-3-2-4-6-14/h2-10,20H,11H2,1H3/b13-9+. The van der Waals surface area contributed by atoms with Gasteiger partial charge >= 0.3 is 0 Å². The van der Waals surface area contributed by atoms with Crippen LogP contribution in [0.4, 0.5) is 5.69 Å². The lowest BCUT2D eigenvalue weighted by Gasteiger charge is -2.12. The average Bonchev–Trinajstić information content (AvgIpc) is 2.84. The van der Waals surface area contributed by atoms with Crippen molar-refractivity contribution in [2.75, 3.05) is 12.0 Å². The molecule has 0 unspecified atom stereocenters. The fourth-order valence-corrected chi connectivity index (χ4v) is 2.51. The molecule has 3 rings (SSSR count). The highest BCUT2D eigenvalue weighted by molar-refractivity contribution is 6.29. The fourth-order valence-electron chi connectivity index (χ4n) is 2.51. The van der Waals surface area contributed by atoms with Crippen molar-refractivity contribution < 1.29 is 19.4 Å². The highest BCUT2D eigenvalue weighted by Gasteiger charge is 2.34. The number of ether oxygens (including phenoxy) is 1. The lowest BCUT2D eigenvalue weighted by molar-refractivity contribution is -0.120. The molecule has 1 aliphatic rings. The lowest BCUT2D eigenvalue weighted by atomic mass is 10.1. The molecule has 1 saturated heterocycles. The van der Waals surface area contributed by atoms with Crippen LogP contribution in [0, 0.1) is 0 Å². The number of phenols is 1. The number of imide groups is 1. The SMILES string of the molecule is COc1cc(/C=C2\CC(=O)N(c3ccccc3)C2=O)ccc1O. The van der Waals surface area contributed by atoms with E-state index in [2.05, 4.69) is 0 Å². The summed E-state index contributed by atoms with van der Waals surface area (Å²) >= 11 is 0. The minimum Gasteiger partial charge on any atom is -0.504 e. The van der Waals surface area contributed by atoms with Crippen LogP contribution in [0.1, 0.15) is 12.0 Å². The van der Waals surface area contributed by atoms with Crippen molar-refractivity contribution in [3.63, 3.8) is 0 Å². The number of anilines is 1. The first-order chi connectivity index (χ1) is 11.1. The second-order valence-electron chi connectivity index (χ2n) is 5.15. The van der Waals surface area contributed by atoms with E-state index >= 15 is 0 Å². The van der Waals surface area contributed by atoms with Crippen molar-refractivity contribution in [1.82, 2.24) is 0 Å². The van der Waals surface area contributed by atoms with Crippen LogP contribution in [-0.2, 0) is 9.59 Å². The van der Waals surface area contributed by atoms with Crippen LogP contribution in [0.15, 0.2) is 54.1 Å². The number of hydrogen-bond donors (Lipinski definition) is 1. The molecule has 5 heteroatoms. The molecule has 2 aromatic carbocycles. The molecule has 5 nitrogen and oxygen atoms in total. The van der Waals surface area contributed by atoms with E-state index in [1.807, 2.05) is 6.07 Å². The predicted octanol–water partition coefficient (Wildman–Crippen LogP) is 2.75. The van der Waals surface area contributed by atoms with Crippen LogP contribution in [-0.4, -0.2) is 24.0 Å². The third-order valence-corrected chi connectivity index (χ3v) is 3.63. The first-order valence-corrected chi connectivity index (χ1v) is 7.10. The predicted molar refractivity (Wildman–Crippen MR) is 86.2 cm³/mol. The van der Waals surface area contributed by atoms with Gasteiger partial charge in [0.2, 0.25) is 5.91 Å². The van der Waals surface area contributed by atoms with Crippen molar-refractivity contribution in [1.29, 1.82) is 0 Å². The summed E-state index contributed by atoms with van der Waals surface area (Å²) in [6.45, 7) is 0. The first kappa shape index (κ1) is 14.8. The largest absolute Gasteiger partial charge is 0.504 e. The van der Waals surface area contributed by atoms with E-state index in [0.717, 1.165) is 0 Å². The normalized spacial score (nSPS) is 16.2. The van der Waals surface area contributed by atoms with Gasteiger partial charge in [0.05, 0.1) is 19.2 Å². The molecule has 23 heavy (non-hydrogen) atoms. The Morgan fingerprint density at radius 2 is 1.87 bits per heavy atom. The summed E-state index contributed by atoms with van der Waals surface area (Å²) in [6.07, 6.45) is 1.70. The van der Waals surface area contributed by atoms with E-state index in [9.17, 15) is 14.7 Å². The number of carbonyl (C=O) groups is 2. The molecular weight excluding hydrogens is 294 g/mol. The van der Waals surface area contributed by atoms with Gasteiger partial charge in [-0.25, -0.2) is 4.90 Å². The molecule has 1 fully saturated rings. The quantitative estimate of drug-likeness (QED) is 0.699. The van der Waals surface area contributed by atoms with Gasteiger partial charge in [-0.1, -0.05) is 24.3 Å². The Kier molecular flexibility index (Phi) is 3.85. The van der Waals surface area contributed by atoms with E-state index in [4.69, 9.17) is 4.74 Å². The maximum atomic E-state index is 12.5. The number of nitrogens with zero attached hydrogens (tertiary/aromatic N) is 1. The summed E-state index contributed by atoms with van der Waals surface area (Å²) in [5.74, 6) is -0.239. The van der Waals surface area contributed by atoms with E-state index in [0.29, 0.717) is 22.6 Å². The Labute approximate surface area is 133 Å². The van der Waals surface area contributed by atoms with Crippen molar-refractivity contribution in [3.8, 4) is 11.5 Å². The third-order valence-electron chi connectivity index (χ3n) is 3.63. The second kappa shape index (κ2) is 5.96. The number of methoxy groups -OCH3 is 1. The van der Waals surface area contributed by atoms with Crippen molar-refractivity contribution >= 4 is 23.6 Å². The summed E-state index contributed by atoms with van der Waals surface area (Å²) in [5, 5.41) is 9.61. The number of carbonyl (C=O) groups excluding carboxylic acids is 2. The number of para-hydroxylation sites is 1. The van der Waals surface area contributed by atoms with Crippen LogP contribution >= 0.6 is 0 Å². The number of benzene rings is 2. The highest BCUT2D eigenvalue weighted by Crippen LogP contribution is 2.30. The molecule has 116 valence electrons. The van der Waals surface area contributed by atoms with Crippen molar-refractivity contribution in [2.24, 2.45) is 0 Å². The van der Waals surface area contributed by atoms with Gasteiger partial charge in [0.25, 0.3) is 5.91 Å². The zero-order valence-electron chi connectivity index (χ0n) is 12.5. The molecular formula is C18H15NO4. The van der Waals surface area contributed by atoms with Gasteiger partial charge in [0.1, 0.15) is 0 Å². The second-order valence-corrected chi connectivity index (χ2v) is 5.15. The van der Waals surface area contributed by atoms with E-state index < -0.39 is 0 Å². The van der Waals surface area contributed by atoms with Crippen LogP contribution in [0.3, 0.4) is 0 Å². The van der Waals surface area contributed by atoms with Crippen LogP contribution in [0.25, 0.3) is 6.08 Å². The number of phenolic OH excluding ortho intramolecular Hbond substituents is 1. The van der Waals surface area contributed by atoms with Crippen molar-refractivity contribution in [2.45, 2.75) is 6.42 Å². The first-order valence-electron chi connectivity index (χ1n) is 7.10. The molecule has 0 radical (unpaired) electrons. The molecule has 0 aromatic heterocycles. The van der Waals surface area contributed by atoms with Gasteiger partial charge in [-0.15, -0.1) is 0 Å². The Balaban J connectivity index is 1.93. The smallest absolute Gasteiger partial charge is 0.261 e. The molecule has 2 aromatic rings. The van der Waals surface area contributed by atoms with Gasteiger partial charge < -0.3 is 9.84 Å². The summed E-state index contributed by atoms with van der Waals surface area (Å²) < 4.78 is 5.05. The van der Waals surface area contributed by atoms with E-state index in [-0.39, 0.29) is 24.0 Å². The average molecular weight is 309 g/mol. The number of hydrogen-bond acceptors (Lipinski definition) is 4. The van der Waals surface area contributed by atoms with Crippen molar-refractivity contribution in [3.05, 3.63) is 59.7 Å². The summed E-state index contributed by atoms with van der Waals surface area (Å²) in [5.41, 5.74) is 1.66. The lowest BCUT2D eigenvalue weighted by Crippen LogP contribution is -2.28. The summed E-state index contributed by atoms with van der Waals surface area (Å²) in [4.78, 5) is 25.8. The van der Waals surface area contributed by atoms with Crippen LogP contribution in [0.2, 0.25) is 0 Å². The zero-order valence-corrected chi connectivity index (χ0v) is 12.5. The molecule has 2 amide bonds. The van der Waals surface area contributed by atoms with Gasteiger partial charge in [-0.05, 0) is 35.9 Å². The molecule has 1 heterocycles. The Hall–Kier alpha value is -3.08. The van der Waals surface area contributed by atoms with Gasteiger partial charge in [-0.3, -0.25) is 9.59 Å². The van der Waals surface area contributed by atoms with Gasteiger partial charge in [0, 0.05) is 5.57 Å². The topological polar surface area (TPSA) is 66.8 Å².